The van der Waals surface area contributed by atoms with E-state index in [0.717, 1.165) is 28.1 Å². The van der Waals surface area contributed by atoms with Gasteiger partial charge in [0.15, 0.2) is 0 Å². The van der Waals surface area contributed by atoms with Gasteiger partial charge in [0.2, 0.25) is 0 Å². The Labute approximate surface area is 153 Å². The van der Waals surface area contributed by atoms with E-state index in [4.69, 9.17) is 19.3 Å². The van der Waals surface area contributed by atoms with Crippen molar-refractivity contribution in [3.63, 3.8) is 0 Å². The lowest BCUT2D eigenvalue weighted by molar-refractivity contribution is -0.0946. The predicted molar refractivity (Wildman–Crippen MR) is 100 cm³/mol. The maximum atomic E-state index is 5.70. The summed E-state index contributed by atoms with van der Waals surface area (Å²) in [5.41, 5.74) is 4.20. The molecule has 1 aromatic heterocycles. The van der Waals surface area contributed by atoms with Crippen LogP contribution in [0.3, 0.4) is 0 Å². The zero-order valence-corrected chi connectivity index (χ0v) is 14.8. The molecular weight excluding hydrogens is 328 g/mol. The Morgan fingerprint density at radius 1 is 1.08 bits per heavy atom. The average molecular weight is 350 g/mol. The summed E-state index contributed by atoms with van der Waals surface area (Å²) >= 11 is 0. The second-order valence-electron chi connectivity index (χ2n) is 6.27. The second-order valence-corrected chi connectivity index (χ2v) is 6.27. The van der Waals surface area contributed by atoms with Gasteiger partial charge in [-0.1, -0.05) is 36.4 Å². The van der Waals surface area contributed by atoms with E-state index < -0.39 is 0 Å². The SMILES string of the molecule is COc1ccccc1-c1cccc(-c2ccn(CC3COCCO3)n2)c1. The highest BCUT2D eigenvalue weighted by Gasteiger charge is 2.16. The van der Waals surface area contributed by atoms with Crippen LogP contribution in [0.1, 0.15) is 0 Å². The van der Waals surface area contributed by atoms with Crippen molar-refractivity contribution >= 4 is 0 Å². The van der Waals surface area contributed by atoms with Crippen LogP contribution in [0, 0.1) is 0 Å². The van der Waals surface area contributed by atoms with E-state index in [1.54, 1.807) is 7.11 Å². The van der Waals surface area contributed by atoms with Crippen molar-refractivity contribution in [3.05, 3.63) is 60.8 Å². The van der Waals surface area contributed by atoms with Gasteiger partial charge in [-0.15, -0.1) is 0 Å². The lowest BCUT2D eigenvalue weighted by Crippen LogP contribution is -2.32. The Hall–Kier alpha value is -2.63. The third-order valence-corrected chi connectivity index (χ3v) is 4.49. The van der Waals surface area contributed by atoms with Crippen LogP contribution in [0.4, 0.5) is 0 Å². The van der Waals surface area contributed by atoms with E-state index >= 15 is 0 Å². The summed E-state index contributed by atoms with van der Waals surface area (Å²) in [6, 6.07) is 18.4. The van der Waals surface area contributed by atoms with Crippen molar-refractivity contribution in [3.8, 4) is 28.1 Å². The highest BCUT2D eigenvalue weighted by atomic mass is 16.6. The number of ether oxygens (including phenoxy) is 3. The van der Waals surface area contributed by atoms with Crippen molar-refractivity contribution in [1.29, 1.82) is 0 Å². The lowest BCUT2D eigenvalue weighted by Gasteiger charge is -2.22. The number of benzene rings is 2. The number of rotatable bonds is 5. The Bertz CT molecular complexity index is 869. The van der Waals surface area contributed by atoms with Crippen LogP contribution < -0.4 is 4.74 Å². The third-order valence-electron chi connectivity index (χ3n) is 4.49. The Morgan fingerprint density at radius 2 is 1.96 bits per heavy atom. The minimum Gasteiger partial charge on any atom is -0.496 e. The second kappa shape index (κ2) is 7.72. The van der Waals surface area contributed by atoms with Gasteiger partial charge in [0.25, 0.3) is 0 Å². The van der Waals surface area contributed by atoms with Crippen molar-refractivity contribution in [2.75, 3.05) is 26.9 Å². The molecular formula is C21H22N2O3. The average Bonchev–Trinajstić information content (AvgIpc) is 3.17. The predicted octanol–water partition coefficient (Wildman–Crippen LogP) is 3.64. The van der Waals surface area contributed by atoms with Gasteiger partial charge in [-0.25, -0.2) is 0 Å². The molecule has 0 amide bonds. The molecule has 0 bridgehead atoms. The zero-order valence-electron chi connectivity index (χ0n) is 14.8. The molecule has 0 saturated carbocycles. The van der Waals surface area contributed by atoms with Gasteiger partial charge >= 0.3 is 0 Å². The number of methoxy groups -OCH3 is 1. The van der Waals surface area contributed by atoms with Crippen molar-refractivity contribution in [2.45, 2.75) is 12.6 Å². The third kappa shape index (κ3) is 3.64. The molecule has 4 rings (SSSR count). The molecule has 2 aromatic carbocycles. The van der Waals surface area contributed by atoms with Crippen molar-refractivity contribution < 1.29 is 14.2 Å². The van der Waals surface area contributed by atoms with E-state index in [-0.39, 0.29) is 6.10 Å². The summed E-state index contributed by atoms with van der Waals surface area (Å²) in [5, 5.41) is 4.70. The Kier molecular flexibility index (Phi) is 5.00. The first-order valence-corrected chi connectivity index (χ1v) is 8.80. The summed E-state index contributed by atoms with van der Waals surface area (Å²) in [5.74, 6) is 0.865. The van der Waals surface area contributed by atoms with Gasteiger partial charge in [0, 0.05) is 17.3 Å². The Balaban J connectivity index is 1.57. The molecule has 0 aliphatic carbocycles. The number of hydrogen-bond acceptors (Lipinski definition) is 4. The number of aromatic nitrogens is 2. The summed E-state index contributed by atoms with van der Waals surface area (Å²) in [6.45, 7) is 2.65. The molecule has 2 heterocycles. The monoisotopic (exact) mass is 350 g/mol. The maximum Gasteiger partial charge on any atom is 0.126 e. The highest BCUT2D eigenvalue weighted by Crippen LogP contribution is 2.32. The molecule has 0 N–H and O–H groups in total. The molecule has 1 fully saturated rings. The summed E-state index contributed by atoms with van der Waals surface area (Å²) in [6.07, 6.45) is 2.06. The molecule has 134 valence electrons. The van der Waals surface area contributed by atoms with Gasteiger partial charge in [0.1, 0.15) is 11.9 Å². The molecule has 1 saturated heterocycles. The van der Waals surface area contributed by atoms with Crippen LogP contribution in [0.25, 0.3) is 22.4 Å². The quantitative estimate of drug-likeness (QED) is 0.705. The lowest BCUT2D eigenvalue weighted by atomic mass is 10.0. The number of para-hydroxylation sites is 1. The van der Waals surface area contributed by atoms with E-state index in [0.29, 0.717) is 26.4 Å². The van der Waals surface area contributed by atoms with E-state index in [2.05, 4.69) is 24.3 Å². The van der Waals surface area contributed by atoms with Crippen molar-refractivity contribution in [1.82, 2.24) is 9.78 Å². The van der Waals surface area contributed by atoms with Crippen LogP contribution in [-0.4, -0.2) is 42.8 Å². The molecule has 1 aliphatic heterocycles. The first-order valence-electron chi connectivity index (χ1n) is 8.80. The Morgan fingerprint density at radius 3 is 2.81 bits per heavy atom. The fourth-order valence-electron chi connectivity index (χ4n) is 3.20. The first kappa shape index (κ1) is 16.8. The van der Waals surface area contributed by atoms with Gasteiger partial charge in [-0.3, -0.25) is 4.68 Å². The molecule has 1 unspecified atom stereocenters. The smallest absolute Gasteiger partial charge is 0.126 e. The molecule has 5 nitrogen and oxygen atoms in total. The van der Waals surface area contributed by atoms with E-state index in [1.165, 1.54) is 0 Å². The fraction of sp³-hybridized carbons (Fsp3) is 0.286. The summed E-state index contributed by atoms with van der Waals surface area (Å²) < 4.78 is 18.6. The van der Waals surface area contributed by atoms with Gasteiger partial charge in [0.05, 0.1) is 39.2 Å². The van der Waals surface area contributed by atoms with Crippen LogP contribution in [0.5, 0.6) is 5.75 Å². The van der Waals surface area contributed by atoms with Crippen LogP contribution >= 0.6 is 0 Å². The molecule has 26 heavy (non-hydrogen) atoms. The van der Waals surface area contributed by atoms with Crippen molar-refractivity contribution in [2.24, 2.45) is 0 Å². The largest absolute Gasteiger partial charge is 0.496 e. The van der Waals surface area contributed by atoms with Gasteiger partial charge < -0.3 is 14.2 Å². The number of nitrogens with zero attached hydrogens (tertiary/aromatic N) is 2. The van der Waals surface area contributed by atoms with Crippen LogP contribution in [0.15, 0.2) is 60.8 Å². The van der Waals surface area contributed by atoms with Gasteiger partial charge in [-0.05, 0) is 23.8 Å². The summed E-state index contributed by atoms with van der Waals surface area (Å²) in [4.78, 5) is 0. The molecule has 5 heteroatoms. The molecule has 1 atom stereocenters. The van der Waals surface area contributed by atoms with E-state index in [9.17, 15) is 0 Å². The number of hydrogen-bond donors (Lipinski definition) is 0. The molecule has 3 aromatic rings. The normalized spacial score (nSPS) is 17.2. The molecule has 1 aliphatic rings. The van der Waals surface area contributed by atoms with Crippen LogP contribution in [-0.2, 0) is 16.0 Å². The zero-order chi connectivity index (χ0) is 17.8. The molecule has 0 radical (unpaired) electrons. The first-order chi connectivity index (χ1) is 12.8. The van der Waals surface area contributed by atoms with E-state index in [1.807, 2.05) is 41.2 Å². The van der Waals surface area contributed by atoms with Crippen LogP contribution in [0.2, 0.25) is 0 Å². The molecule has 0 spiro atoms. The topological polar surface area (TPSA) is 45.5 Å². The fourth-order valence-corrected chi connectivity index (χ4v) is 3.20. The standard InChI is InChI=1S/C21H22N2O3/c1-24-21-8-3-2-7-19(21)16-5-4-6-17(13-16)20-9-10-23(22-20)14-18-15-25-11-12-26-18/h2-10,13,18H,11-12,14-15H2,1H3. The highest BCUT2D eigenvalue weighted by molar-refractivity contribution is 5.75. The minimum atomic E-state index is 0.0661. The van der Waals surface area contributed by atoms with Gasteiger partial charge in [-0.2, -0.15) is 5.10 Å². The summed E-state index contributed by atoms with van der Waals surface area (Å²) in [7, 11) is 1.70. The maximum absolute atomic E-state index is 5.70. The minimum absolute atomic E-state index is 0.0661.